The number of nitrogens with zero attached hydrogens (tertiary/aromatic N) is 1. The maximum absolute atomic E-state index is 10.3. The van der Waals surface area contributed by atoms with E-state index in [2.05, 4.69) is 30.9 Å². The van der Waals surface area contributed by atoms with Gasteiger partial charge in [0.25, 0.3) is 0 Å². The van der Waals surface area contributed by atoms with E-state index in [0.717, 1.165) is 17.9 Å². The summed E-state index contributed by atoms with van der Waals surface area (Å²) in [6, 6.07) is 7.02. The molecule has 0 amide bonds. The number of likely N-dealkylation sites (tertiary alicyclic amines) is 1. The first-order valence-electron chi connectivity index (χ1n) is 10.6. The molecule has 1 aromatic rings. The highest BCUT2D eigenvalue weighted by Crippen LogP contribution is 2.65. The molecule has 2 heteroatoms. The number of phenols is 1. The lowest BCUT2D eigenvalue weighted by molar-refractivity contribution is -0.109. The number of benzene rings is 1. The molecule has 1 aliphatic heterocycles. The van der Waals surface area contributed by atoms with Gasteiger partial charge in [-0.15, -0.1) is 0 Å². The molecule has 5 rings (SSSR count). The third-order valence-corrected chi connectivity index (χ3v) is 8.48. The molecule has 3 aliphatic carbocycles. The molecule has 4 atom stereocenters. The fourth-order valence-electron chi connectivity index (χ4n) is 7.15. The molecule has 1 unspecified atom stereocenters. The highest BCUT2D eigenvalue weighted by Gasteiger charge is 2.63. The average molecular weight is 340 g/mol. The zero-order valence-electron chi connectivity index (χ0n) is 15.9. The van der Waals surface area contributed by atoms with Gasteiger partial charge in [-0.3, -0.25) is 4.90 Å². The van der Waals surface area contributed by atoms with Crippen LogP contribution in [0.2, 0.25) is 0 Å². The van der Waals surface area contributed by atoms with Gasteiger partial charge in [-0.25, -0.2) is 0 Å². The van der Waals surface area contributed by atoms with Gasteiger partial charge in [0.1, 0.15) is 5.75 Å². The van der Waals surface area contributed by atoms with Crippen LogP contribution in [-0.4, -0.2) is 29.1 Å². The number of hydrogen-bond acceptors (Lipinski definition) is 2. The Morgan fingerprint density at radius 3 is 2.80 bits per heavy atom. The molecule has 0 aromatic heterocycles. The summed E-state index contributed by atoms with van der Waals surface area (Å²) in [7, 11) is 0. The number of aromatic hydroxyl groups is 1. The lowest BCUT2D eigenvalue weighted by atomic mass is 9.42. The predicted octanol–water partition coefficient (Wildman–Crippen LogP) is 4.89. The first kappa shape index (κ1) is 16.2. The van der Waals surface area contributed by atoms with Gasteiger partial charge in [-0.1, -0.05) is 26.3 Å². The van der Waals surface area contributed by atoms with E-state index in [1.165, 1.54) is 75.6 Å². The maximum Gasteiger partial charge on any atom is 0.115 e. The summed E-state index contributed by atoms with van der Waals surface area (Å²) in [5.41, 5.74) is 3.77. The quantitative estimate of drug-likeness (QED) is 0.848. The van der Waals surface area contributed by atoms with Gasteiger partial charge in [0.05, 0.1) is 0 Å². The third-order valence-electron chi connectivity index (χ3n) is 8.48. The predicted molar refractivity (Wildman–Crippen MR) is 102 cm³/mol. The van der Waals surface area contributed by atoms with E-state index < -0.39 is 0 Å². The van der Waals surface area contributed by atoms with Crippen LogP contribution in [-0.2, 0) is 11.8 Å². The van der Waals surface area contributed by atoms with E-state index in [1.807, 2.05) is 6.07 Å². The summed E-state index contributed by atoms with van der Waals surface area (Å²) in [5.74, 6) is 2.25. The summed E-state index contributed by atoms with van der Waals surface area (Å²) in [6.45, 7) is 7.51. The standard InChI is InChI=1S/C23H33NO/c1-3-22-9-8-16(2)14-23(22)10-11-24(15-17-4-5-17)21(22)12-18-6-7-19(25)13-20(18)23/h6-7,13,16-17,21,25H,3-5,8-12,14-15H2,1-2H3/t16?,21-,22+,23-/m1/s1. The number of piperidine rings is 1. The molecule has 1 heterocycles. The molecule has 4 aliphatic rings. The van der Waals surface area contributed by atoms with Crippen molar-refractivity contribution in [3.05, 3.63) is 29.3 Å². The Morgan fingerprint density at radius 2 is 2.04 bits per heavy atom. The van der Waals surface area contributed by atoms with E-state index in [0.29, 0.717) is 16.6 Å². The molecule has 0 radical (unpaired) electrons. The van der Waals surface area contributed by atoms with Gasteiger partial charge >= 0.3 is 0 Å². The normalized spacial score (nSPS) is 40.4. The minimum atomic E-state index is 0.302. The summed E-state index contributed by atoms with van der Waals surface area (Å²) >= 11 is 0. The molecule has 1 N–H and O–H groups in total. The first-order valence-corrected chi connectivity index (χ1v) is 10.6. The number of rotatable bonds is 3. The molecule has 3 fully saturated rings. The van der Waals surface area contributed by atoms with Gasteiger partial charge in [-0.05, 0) is 92.0 Å². The molecule has 1 aromatic carbocycles. The van der Waals surface area contributed by atoms with Crippen LogP contribution >= 0.6 is 0 Å². The third kappa shape index (κ3) is 2.19. The van der Waals surface area contributed by atoms with Crippen molar-refractivity contribution in [2.45, 2.75) is 76.7 Å². The molecule has 136 valence electrons. The van der Waals surface area contributed by atoms with Crippen LogP contribution in [0.3, 0.4) is 0 Å². The summed E-state index contributed by atoms with van der Waals surface area (Å²) in [6.07, 6.45) is 10.8. The second kappa shape index (κ2) is 5.49. The summed E-state index contributed by atoms with van der Waals surface area (Å²) < 4.78 is 0. The highest BCUT2D eigenvalue weighted by molar-refractivity contribution is 5.47. The molecular formula is C23H33NO. The lowest BCUT2D eigenvalue weighted by Crippen LogP contribution is -2.68. The Labute approximate surface area is 152 Å². The Hall–Kier alpha value is -1.02. The van der Waals surface area contributed by atoms with Crippen LogP contribution in [0.1, 0.15) is 69.9 Å². The molecule has 25 heavy (non-hydrogen) atoms. The van der Waals surface area contributed by atoms with E-state index in [-0.39, 0.29) is 0 Å². The van der Waals surface area contributed by atoms with Gasteiger partial charge in [0.2, 0.25) is 0 Å². The van der Waals surface area contributed by atoms with Crippen LogP contribution in [0.15, 0.2) is 18.2 Å². The molecule has 2 nitrogen and oxygen atoms in total. The van der Waals surface area contributed by atoms with Crippen molar-refractivity contribution in [1.29, 1.82) is 0 Å². The Kier molecular flexibility index (Phi) is 3.55. The Bertz CT molecular complexity index is 681. The zero-order valence-corrected chi connectivity index (χ0v) is 15.9. The number of phenolic OH excluding ortho intramolecular Hbond substituents is 1. The van der Waals surface area contributed by atoms with E-state index in [9.17, 15) is 5.11 Å². The molecule has 2 saturated carbocycles. The number of fused-ring (bicyclic) bond motifs is 1. The largest absolute Gasteiger partial charge is 0.508 e. The van der Waals surface area contributed by atoms with Gasteiger partial charge in [-0.2, -0.15) is 0 Å². The molecule has 2 bridgehead atoms. The van der Waals surface area contributed by atoms with Gasteiger partial charge in [0.15, 0.2) is 0 Å². The van der Waals surface area contributed by atoms with Crippen molar-refractivity contribution < 1.29 is 5.11 Å². The van der Waals surface area contributed by atoms with Crippen molar-refractivity contribution >= 4 is 0 Å². The maximum atomic E-state index is 10.3. The van der Waals surface area contributed by atoms with Crippen LogP contribution in [0.25, 0.3) is 0 Å². The average Bonchev–Trinajstić information content (AvgIpc) is 3.42. The van der Waals surface area contributed by atoms with Crippen LogP contribution in [0.5, 0.6) is 5.75 Å². The smallest absolute Gasteiger partial charge is 0.115 e. The van der Waals surface area contributed by atoms with E-state index >= 15 is 0 Å². The Morgan fingerprint density at radius 1 is 1.20 bits per heavy atom. The lowest BCUT2D eigenvalue weighted by Gasteiger charge is -2.67. The van der Waals surface area contributed by atoms with Crippen molar-refractivity contribution in [3.63, 3.8) is 0 Å². The second-order valence-electron chi connectivity index (χ2n) is 9.69. The van der Waals surface area contributed by atoms with Crippen LogP contribution in [0, 0.1) is 17.3 Å². The zero-order chi connectivity index (χ0) is 17.2. The van der Waals surface area contributed by atoms with Crippen LogP contribution < -0.4 is 0 Å². The minimum absolute atomic E-state index is 0.302. The monoisotopic (exact) mass is 339 g/mol. The van der Waals surface area contributed by atoms with Crippen molar-refractivity contribution in [2.75, 3.05) is 13.1 Å². The van der Waals surface area contributed by atoms with Gasteiger partial charge in [0, 0.05) is 18.0 Å². The van der Waals surface area contributed by atoms with E-state index in [1.54, 1.807) is 0 Å². The van der Waals surface area contributed by atoms with Crippen LogP contribution in [0.4, 0.5) is 0 Å². The molecule has 1 saturated heterocycles. The topological polar surface area (TPSA) is 23.5 Å². The number of hydrogen-bond donors (Lipinski definition) is 1. The SMILES string of the molecule is CC[C@@]12CCC(C)C[C@@]13CCN(CC1CC1)[C@@H]2Cc1ccc(O)cc13. The van der Waals surface area contributed by atoms with Crippen molar-refractivity contribution in [2.24, 2.45) is 17.3 Å². The summed E-state index contributed by atoms with van der Waals surface area (Å²) in [5, 5.41) is 10.3. The second-order valence-corrected chi connectivity index (χ2v) is 9.69. The van der Waals surface area contributed by atoms with Crippen molar-refractivity contribution in [3.8, 4) is 5.75 Å². The fraction of sp³-hybridized carbons (Fsp3) is 0.739. The highest BCUT2D eigenvalue weighted by atomic mass is 16.3. The van der Waals surface area contributed by atoms with Crippen molar-refractivity contribution in [1.82, 2.24) is 4.90 Å². The molecule has 0 spiro atoms. The fourth-order valence-corrected chi connectivity index (χ4v) is 7.15. The molecular weight excluding hydrogens is 306 g/mol. The Balaban J connectivity index is 1.66. The summed E-state index contributed by atoms with van der Waals surface area (Å²) in [4.78, 5) is 2.89. The first-order chi connectivity index (χ1) is 12.1. The minimum Gasteiger partial charge on any atom is -0.508 e. The van der Waals surface area contributed by atoms with E-state index in [4.69, 9.17) is 0 Å². The van der Waals surface area contributed by atoms with Gasteiger partial charge < -0.3 is 5.11 Å².